The van der Waals surface area contributed by atoms with Gasteiger partial charge in [-0.15, -0.1) is 0 Å². The van der Waals surface area contributed by atoms with Crippen molar-refractivity contribution in [3.63, 3.8) is 0 Å². The Morgan fingerprint density at radius 3 is 2.83 bits per heavy atom. The molecule has 0 radical (unpaired) electrons. The molecule has 1 heterocycles. The standard InChI is InChI=1S/C13H15NO4/c1-3-6-14-10-7-9(13(16)17)4-5-11(10)18-8(2)12(14)15/h4-5,7-8H,3,6H2,1-2H3,(H,16,17). The number of carboxylic acid groups (broad SMARTS) is 1. The number of nitrogens with zero attached hydrogens (tertiary/aromatic N) is 1. The summed E-state index contributed by atoms with van der Waals surface area (Å²) in [5.74, 6) is -0.590. The molecule has 5 nitrogen and oxygen atoms in total. The molecule has 1 aliphatic rings. The minimum atomic E-state index is -1.01. The Morgan fingerprint density at radius 1 is 1.50 bits per heavy atom. The zero-order valence-corrected chi connectivity index (χ0v) is 10.3. The highest BCUT2D eigenvalue weighted by atomic mass is 16.5. The molecule has 18 heavy (non-hydrogen) atoms. The SMILES string of the molecule is CCCN1C(=O)C(C)Oc2ccc(C(=O)O)cc21. The molecule has 5 heteroatoms. The number of carbonyl (C=O) groups excluding carboxylic acids is 1. The molecule has 0 aromatic heterocycles. The number of hydrogen-bond acceptors (Lipinski definition) is 3. The Balaban J connectivity index is 2.48. The van der Waals surface area contributed by atoms with E-state index in [1.807, 2.05) is 6.92 Å². The largest absolute Gasteiger partial charge is 0.479 e. The third-order valence-electron chi connectivity index (χ3n) is 2.86. The smallest absolute Gasteiger partial charge is 0.335 e. The Labute approximate surface area is 105 Å². The van der Waals surface area contributed by atoms with Crippen LogP contribution in [0.25, 0.3) is 0 Å². The second-order valence-corrected chi connectivity index (χ2v) is 4.24. The lowest BCUT2D eigenvalue weighted by molar-refractivity contribution is -0.125. The quantitative estimate of drug-likeness (QED) is 0.888. The summed E-state index contributed by atoms with van der Waals surface area (Å²) in [6.07, 6.45) is 0.273. The lowest BCUT2D eigenvalue weighted by Crippen LogP contribution is -2.44. The minimum absolute atomic E-state index is 0.133. The predicted molar refractivity (Wildman–Crippen MR) is 66.1 cm³/mol. The normalized spacial score (nSPS) is 18.2. The molecule has 1 amide bonds. The van der Waals surface area contributed by atoms with Crippen LogP contribution in [0.4, 0.5) is 5.69 Å². The van der Waals surface area contributed by atoms with Gasteiger partial charge in [0.1, 0.15) is 5.75 Å². The van der Waals surface area contributed by atoms with Crippen LogP contribution in [0.1, 0.15) is 30.6 Å². The number of carbonyl (C=O) groups is 2. The molecule has 1 aliphatic heterocycles. The van der Waals surface area contributed by atoms with E-state index in [-0.39, 0.29) is 11.5 Å². The maximum Gasteiger partial charge on any atom is 0.335 e. The molecule has 0 saturated heterocycles. The first-order valence-corrected chi connectivity index (χ1v) is 5.90. The van der Waals surface area contributed by atoms with Crippen LogP contribution in [0.3, 0.4) is 0 Å². The molecule has 1 N–H and O–H groups in total. The highest BCUT2D eigenvalue weighted by Gasteiger charge is 2.31. The Morgan fingerprint density at radius 2 is 2.22 bits per heavy atom. The zero-order valence-electron chi connectivity index (χ0n) is 10.3. The van der Waals surface area contributed by atoms with E-state index in [9.17, 15) is 9.59 Å². The van der Waals surface area contributed by atoms with Gasteiger partial charge in [-0.2, -0.15) is 0 Å². The second kappa shape index (κ2) is 4.68. The van der Waals surface area contributed by atoms with Crippen molar-refractivity contribution in [2.24, 2.45) is 0 Å². The van der Waals surface area contributed by atoms with Crippen LogP contribution in [0.15, 0.2) is 18.2 Å². The Hall–Kier alpha value is -2.04. The summed E-state index contributed by atoms with van der Waals surface area (Å²) in [6.45, 7) is 4.22. The number of fused-ring (bicyclic) bond motifs is 1. The van der Waals surface area contributed by atoms with E-state index in [1.54, 1.807) is 17.9 Å². The fourth-order valence-electron chi connectivity index (χ4n) is 1.99. The first kappa shape index (κ1) is 12.4. The summed E-state index contributed by atoms with van der Waals surface area (Å²) < 4.78 is 5.47. The van der Waals surface area contributed by atoms with Crippen LogP contribution < -0.4 is 9.64 Å². The fourth-order valence-corrected chi connectivity index (χ4v) is 1.99. The van der Waals surface area contributed by atoms with Crippen LogP contribution >= 0.6 is 0 Å². The highest BCUT2D eigenvalue weighted by Crippen LogP contribution is 2.34. The third-order valence-corrected chi connectivity index (χ3v) is 2.86. The number of amides is 1. The van der Waals surface area contributed by atoms with E-state index in [4.69, 9.17) is 9.84 Å². The van der Waals surface area contributed by atoms with Gasteiger partial charge in [-0.3, -0.25) is 4.79 Å². The van der Waals surface area contributed by atoms with Crippen molar-refractivity contribution < 1.29 is 19.4 Å². The van der Waals surface area contributed by atoms with Gasteiger partial charge in [-0.25, -0.2) is 4.79 Å². The van der Waals surface area contributed by atoms with Gasteiger partial charge in [0.05, 0.1) is 11.3 Å². The number of anilines is 1. The third kappa shape index (κ3) is 2.03. The number of carboxylic acids is 1. The van der Waals surface area contributed by atoms with Crippen molar-refractivity contribution >= 4 is 17.6 Å². The molecule has 0 spiro atoms. The topological polar surface area (TPSA) is 66.8 Å². The summed E-state index contributed by atoms with van der Waals surface area (Å²) in [7, 11) is 0. The van der Waals surface area contributed by atoms with Crippen LogP contribution in [0.5, 0.6) is 5.75 Å². The van der Waals surface area contributed by atoms with E-state index in [2.05, 4.69) is 0 Å². The van der Waals surface area contributed by atoms with Crippen molar-refractivity contribution in [3.05, 3.63) is 23.8 Å². The first-order valence-electron chi connectivity index (χ1n) is 5.90. The number of ether oxygens (including phenoxy) is 1. The number of aromatic carboxylic acids is 1. The van der Waals surface area contributed by atoms with Gasteiger partial charge in [0, 0.05) is 6.54 Å². The summed E-state index contributed by atoms with van der Waals surface area (Å²) in [5, 5.41) is 8.98. The number of hydrogen-bond donors (Lipinski definition) is 1. The van der Waals surface area contributed by atoms with Gasteiger partial charge >= 0.3 is 5.97 Å². The van der Waals surface area contributed by atoms with Crippen LogP contribution in [0.2, 0.25) is 0 Å². The van der Waals surface area contributed by atoms with E-state index in [1.165, 1.54) is 12.1 Å². The van der Waals surface area contributed by atoms with Crippen molar-refractivity contribution in [2.45, 2.75) is 26.4 Å². The van der Waals surface area contributed by atoms with Crippen LogP contribution in [-0.4, -0.2) is 29.6 Å². The van der Waals surface area contributed by atoms with Gasteiger partial charge in [0.25, 0.3) is 5.91 Å². The zero-order chi connectivity index (χ0) is 13.3. The molecule has 0 aliphatic carbocycles. The summed E-state index contributed by atoms with van der Waals surface area (Å²) >= 11 is 0. The van der Waals surface area contributed by atoms with Gasteiger partial charge in [-0.1, -0.05) is 6.92 Å². The molecule has 2 rings (SSSR count). The van der Waals surface area contributed by atoms with Gasteiger partial charge in [-0.05, 0) is 31.5 Å². The van der Waals surface area contributed by atoms with Crippen molar-refractivity contribution in [1.82, 2.24) is 0 Å². The molecular weight excluding hydrogens is 234 g/mol. The molecule has 0 saturated carbocycles. The Bertz CT molecular complexity index is 498. The first-order chi connectivity index (χ1) is 8.54. The highest BCUT2D eigenvalue weighted by molar-refractivity contribution is 6.01. The van der Waals surface area contributed by atoms with Gasteiger partial charge < -0.3 is 14.7 Å². The van der Waals surface area contributed by atoms with Crippen LogP contribution in [0, 0.1) is 0 Å². The van der Waals surface area contributed by atoms with Crippen molar-refractivity contribution in [2.75, 3.05) is 11.4 Å². The van der Waals surface area contributed by atoms with E-state index < -0.39 is 12.1 Å². The monoisotopic (exact) mass is 249 g/mol. The number of rotatable bonds is 3. The molecule has 1 aromatic rings. The molecule has 1 atom stereocenters. The predicted octanol–water partition coefficient (Wildman–Crippen LogP) is 1.91. The maximum absolute atomic E-state index is 12.0. The summed E-state index contributed by atoms with van der Waals surface area (Å²) in [4.78, 5) is 24.6. The molecule has 1 aromatic carbocycles. The van der Waals surface area contributed by atoms with Crippen LogP contribution in [-0.2, 0) is 4.79 Å². The van der Waals surface area contributed by atoms with Crippen molar-refractivity contribution in [1.29, 1.82) is 0 Å². The van der Waals surface area contributed by atoms with E-state index in [0.29, 0.717) is 18.0 Å². The molecule has 0 bridgehead atoms. The fraction of sp³-hybridized carbons (Fsp3) is 0.385. The molecule has 1 unspecified atom stereocenters. The molecular formula is C13H15NO4. The maximum atomic E-state index is 12.0. The molecule has 0 fully saturated rings. The van der Waals surface area contributed by atoms with Crippen molar-refractivity contribution in [3.8, 4) is 5.75 Å². The average Bonchev–Trinajstić information content (AvgIpc) is 2.34. The molecule has 96 valence electrons. The summed E-state index contributed by atoms with van der Waals surface area (Å²) in [6, 6.07) is 4.56. The number of benzene rings is 1. The summed E-state index contributed by atoms with van der Waals surface area (Å²) in [5.41, 5.74) is 0.695. The van der Waals surface area contributed by atoms with E-state index in [0.717, 1.165) is 6.42 Å². The lowest BCUT2D eigenvalue weighted by Gasteiger charge is -2.33. The second-order valence-electron chi connectivity index (χ2n) is 4.24. The lowest BCUT2D eigenvalue weighted by atomic mass is 10.1. The van der Waals surface area contributed by atoms with Gasteiger partial charge in [0.15, 0.2) is 6.10 Å². The average molecular weight is 249 g/mol. The minimum Gasteiger partial charge on any atom is -0.479 e. The van der Waals surface area contributed by atoms with E-state index >= 15 is 0 Å². The van der Waals surface area contributed by atoms with Gasteiger partial charge in [0.2, 0.25) is 0 Å². The Kier molecular flexibility index (Phi) is 3.23.